The second kappa shape index (κ2) is 5.84. The first-order chi connectivity index (χ1) is 10.9. The van der Waals surface area contributed by atoms with Crippen LogP contribution in [0, 0.1) is 5.92 Å². The molecule has 1 saturated heterocycles. The van der Waals surface area contributed by atoms with Crippen LogP contribution in [-0.2, 0) is 9.84 Å². The molecule has 1 fully saturated rings. The number of hydrogen-bond acceptors (Lipinski definition) is 6. The van der Waals surface area contributed by atoms with Crippen molar-refractivity contribution in [2.45, 2.75) is 19.1 Å². The average molecular weight is 338 g/mol. The van der Waals surface area contributed by atoms with Crippen molar-refractivity contribution < 1.29 is 22.2 Å². The van der Waals surface area contributed by atoms with E-state index in [0.717, 1.165) is 0 Å². The molecule has 0 saturated carbocycles. The molecule has 3 rings (SSSR count). The Hall–Kier alpha value is -2.09. The summed E-state index contributed by atoms with van der Waals surface area (Å²) in [6.45, 7) is 4.14. The summed E-state index contributed by atoms with van der Waals surface area (Å²) in [7, 11) is -3.15. The zero-order valence-corrected chi connectivity index (χ0v) is 13.7. The fourth-order valence-electron chi connectivity index (χ4n) is 2.50. The molecule has 0 aliphatic carbocycles. The lowest BCUT2D eigenvalue weighted by Gasteiger charge is -2.38. The molecule has 2 aromatic rings. The Morgan fingerprint density at radius 3 is 2.74 bits per heavy atom. The molecular formula is C15H18N2O5S. The quantitative estimate of drug-likeness (QED) is 0.825. The largest absolute Gasteiger partial charge is 0.461 e. The van der Waals surface area contributed by atoms with Crippen molar-refractivity contribution in [3.8, 4) is 11.5 Å². The number of furan rings is 1. The van der Waals surface area contributed by atoms with Gasteiger partial charge < -0.3 is 13.8 Å². The minimum Gasteiger partial charge on any atom is -0.461 e. The molecule has 0 radical (unpaired) electrons. The molecule has 23 heavy (non-hydrogen) atoms. The van der Waals surface area contributed by atoms with Gasteiger partial charge in [-0.3, -0.25) is 4.79 Å². The Morgan fingerprint density at radius 2 is 2.13 bits per heavy atom. The van der Waals surface area contributed by atoms with E-state index in [0.29, 0.717) is 11.5 Å². The van der Waals surface area contributed by atoms with Gasteiger partial charge in [0.05, 0.1) is 17.3 Å². The molecule has 0 atom stereocenters. The van der Waals surface area contributed by atoms with Gasteiger partial charge in [0, 0.05) is 19.2 Å². The summed E-state index contributed by atoms with van der Waals surface area (Å²) in [4.78, 5) is 13.7. The van der Waals surface area contributed by atoms with E-state index in [1.54, 1.807) is 12.1 Å². The first kappa shape index (κ1) is 15.8. The van der Waals surface area contributed by atoms with Gasteiger partial charge in [0.25, 0.3) is 5.91 Å². The molecule has 1 aliphatic heterocycles. The van der Waals surface area contributed by atoms with E-state index >= 15 is 0 Å². The van der Waals surface area contributed by atoms with E-state index in [-0.39, 0.29) is 36.4 Å². The topological polar surface area (TPSA) is 93.6 Å². The fraction of sp³-hybridized carbons (Fsp3) is 0.467. The molecular weight excluding hydrogens is 320 g/mol. The van der Waals surface area contributed by atoms with E-state index in [1.807, 2.05) is 13.8 Å². The van der Waals surface area contributed by atoms with E-state index in [2.05, 4.69) is 5.16 Å². The lowest BCUT2D eigenvalue weighted by molar-refractivity contribution is 0.0648. The molecule has 0 aromatic carbocycles. The number of hydrogen-bond donors (Lipinski definition) is 0. The van der Waals surface area contributed by atoms with E-state index in [9.17, 15) is 13.2 Å². The summed E-state index contributed by atoms with van der Waals surface area (Å²) >= 11 is 0. The van der Waals surface area contributed by atoms with Gasteiger partial charge in [0.2, 0.25) is 5.76 Å². The number of carbonyl (C=O) groups is 1. The summed E-state index contributed by atoms with van der Waals surface area (Å²) in [5.41, 5.74) is 0.149. The van der Waals surface area contributed by atoms with Crippen molar-refractivity contribution in [1.29, 1.82) is 0 Å². The third-order valence-corrected chi connectivity index (χ3v) is 6.15. The van der Waals surface area contributed by atoms with Crippen molar-refractivity contribution in [2.75, 3.05) is 18.8 Å². The predicted octanol–water partition coefficient (Wildman–Crippen LogP) is 1.83. The summed E-state index contributed by atoms with van der Waals surface area (Å²) in [5, 5.41) is 3.25. The Kier molecular flexibility index (Phi) is 4.01. The van der Waals surface area contributed by atoms with Crippen LogP contribution in [0.25, 0.3) is 11.5 Å². The number of likely N-dealkylation sites (tertiary alicyclic amines) is 1. The van der Waals surface area contributed by atoms with Crippen LogP contribution in [0.5, 0.6) is 0 Å². The lowest BCUT2D eigenvalue weighted by atomic mass is 10.2. The molecule has 3 heterocycles. The van der Waals surface area contributed by atoms with Crippen LogP contribution in [0.1, 0.15) is 24.3 Å². The molecule has 8 heteroatoms. The highest BCUT2D eigenvalue weighted by molar-refractivity contribution is 7.92. The molecule has 7 nitrogen and oxygen atoms in total. The molecule has 1 amide bonds. The van der Waals surface area contributed by atoms with Crippen LogP contribution in [0.4, 0.5) is 0 Å². The summed E-state index contributed by atoms with van der Waals surface area (Å²) in [6, 6.07) is 4.91. The SMILES string of the molecule is CC(C)CS(=O)(=O)C1CN(C(=O)c2cc(-c3ccco3)on2)C1. The minimum atomic E-state index is -3.15. The number of aromatic nitrogens is 1. The van der Waals surface area contributed by atoms with Gasteiger partial charge in [-0.1, -0.05) is 19.0 Å². The van der Waals surface area contributed by atoms with Crippen molar-refractivity contribution >= 4 is 15.7 Å². The second-order valence-electron chi connectivity index (χ2n) is 6.11. The highest BCUT2D eigenvalue weighted by Gasteiger charge is 2.40. The Balaban J connectivity index is 1.63. The first-order valence-corrected chi connectivity index (χ1v) is 9.10. The van der Waals surface area contributed by atoms with Crippen LogP contribution in [0.15, 0.2) is 33.4 Å². The van der Waals surface area contributed by atoms with Crippen molar-refractivity contribution in [2.24, 2.45) is 5.92 Å². The molecule has 0 spiro atoms. The fourth-order valence-corrected chi connectivity index (χ4v) is 4.52. The van der Waals surface area contributed by atoms with Crippen molar-refractivity contribution in [3.63, 3.8) is 0 Å². The molecule has 0 N–H and O–H groups in total. The first-order valence-electron chi connectivity index (χ1n) is 7.38. The monoisotopic (exact) mass is 338 g/mol. The van der Waals surface area contributed by atoms with Gasteiger partial charge >= 0.3 is 0 Å². The summed E-state index contributed by atoms with van der Waals surface area (Å²) in [5.74, 6) is 0.742. The van der Waals surface area contributed by atoms with Crippen molar-refractivity contribution in [3.05, 3.63) is 30.2 Å². The standard InChI is InChI=1S/C15H18N2O5S/c1-10(2)9-23(19,20)11-7-17(8-11)15(18)12-6-14(22-16-12)13-4-3-5-21-13/h3-6,10-11H,7-9H2,1-2H3. The Morgan fingerprint density at radius 1 is 1.39 bits per heavy atom. The zero-order chi connectivity index (χ0) is 16.6. The third-order valence-electron chi connectivity index (χ3n) is 3.70. The van der Waals surface area contributed by atoms with Crippen LogP contribution < -0.4 is 0 Å². The smallest absolute Gasteiger partial charge is 0.276 e. The normalized spacial score (nSPS) is 15.9. The number of rotatable bonds is 5. The molecule has 0 unspecified atom stereocenters. The highest BCUT2D eigenvalue weighted by atomic mass is 32.2. The second-order valence-corrected chi connectivity index (χ2v) is 8.43. The van der Waals surface area contributed by atoms with Crippen LogP contribution in [-0.4, -0.2) is 48.5 Å². The van der Waals surface area contributed by atoms with Gasteiger partial charge in [-0.05, 0) is 18.1 Å². The van der Waals surface area contributed by atoms with E-state index < -0.39 is 15.1 Å². The van der Waals surface area contributed by atoms with Crippen LogP contribution >= 0.6 is 0 Å². The molecule has 2 aromatic heterocycles. The summed E-state index contributed by atoms with van der Waals surface area (Å²) < 4.78 is 34.5. The number of sulfone groups is 1. The summed E-state index contributed by atoms with van der Waals surface area (Å²) in [6.07, 6.45) is 1.50. The number of amides is 1. The minimum absolute atomic E-state index is 0.0798. The molecule has 124 valence electrons. The van der Waals surface area contributed by atoms with E-state index in [4.69, 9.17) is 8.94 Å². The molecule has 1 aliphatic rings. The Labute approximate surface area is 134 Å². The van der Waals surface area contributed by atoms with E-state index in [1.165, 1.54) is 17.2 Å². The highest BCUT2D eigenvalue weighted by Crippen LogP contribution is 2.24. The zero-order valence-electron chi connectivity index (χ0n) is 12.9. The van der Waals surface area contributed by atoms with Crippen LogP contribution in [0.3, 0.4) is 0 Å². The van der Waals surface area contributed by atoms with Crippen molar-refractivity contribution in [1.82, 2.24) is 10.1 Å². The van der Waals surface area contributed by atoms with Crippen LogP contribution in [0.2, 0.25) is 0 Å². The maximum atomic E-state index is 12.3. The Bertz CT molecular complexity index is 786. The van der Waals surface area contributed by atoms with Gasteiger partial charge in [-0.15, -0.1) is 0 Å². The molecule has 0 bridgehead atoms. The lowest BCUT2D eigenvalue weighted by Crippen LogP contribution is -2.57. The van der Waals surface area contributed by atoms with Gasteiger partial charge in [0.1, 0.15) is 0 Å². The average Bonchev–Trinajstić information content (AvgIpc) is 3.06. The van der Waals surface area contributed by atoms with Gasteiger partial charge in [-0.25, -0.2) is 8.42 Å². The van der Waals surface area contributed by atoms with Gasteiger partial charge in [0.15, 0.2) is 21.3 Å². The predicted molar refractivity (Wildman–Crippen MR) is 82.5 cm³/mol. The maximum Gasteiger partial charge on any atom is 0.276 e. The number of carbonyl (C=O) groups excluding carboxylic acids is 1. The third kappa shape index (κ3) is 3.17. The van der Waals surface area contributed by atoms with Gasteiger partial charge in [-0.2, -0.15) is 0 Å². The number of nitrogens with zero attached hydrogens (tertiary/aromatic N) is 2. The maximum absolute atomic E-state index is 12.3.